The van der Waals surface area contributed by atoms with Crippen LogP contribution in [-0.4, -0.2) is 46.9 Å². The normalized spacial score (nSPS) is 16.8. The maximum Gasteiger partial charge on any atom is 0.125 e. The Bertz CT molecular complexity index is 1040. The molecule has 1 saturated heterocycles. The van der Waals surface area contributed by atoms with Crippen LogP contribution < -0.4 is 10.5 Å². The number of benzene rings is 3. The average molecular weight is 505 g/mol. The molecule has 0 bridgehead atoms. The van der Waals surface area contributed by atoms with Crippen molar-refractivity contribution < 1.29 is 14.9 Å². The van der Waals surface area contributed by atoms with Crippen LogP contribution in [0.4, 0.5) is 0 Å². The van der Waals surface area contributed by atoms with E-state index < -0.39 is 6.10 Å². The van der Waals surface area contributed by atoms with E-state index in [0.717, 1.165) is 36.7 Å². The summed E-state index contributed by atoms with van der Waals surface area (Å²) in [6.07, 6.45) is 3.00. The van der Waals surface area contributed by atoms with E-state index in [1.54, 1.807) is 24.3 Å². The van der Waals surface area contributed by atoms with Gasteiger partial charge in [-0.2, -0.15) is 0 Å². The molecular weight excluding hydrogens is 460 g/mol. The molecule has 5 heteroatoms. The lowest BCUT2D eigenvalue weighted by Gasteiger charge is -2.38. The number of rotatable bonds is 8. The first-order valence-electron chi connectivity index (χ1n) is 13.4. The average Bonchev–Trinajstić information content (AvgIpc) is 2.89. The van der Waals surface area contributed by atoms with Crippen LogP contribution in [0, 0.1) is 19.8 Å². The molecule has 37 heavy (non-hydrogen) atoms. The SMILES string of the molecule is CC(C(O)c1ccc(O)cc1)N1CCC(Cc2ccccc2)CC1.Cc1cccc(C)c1OCC(C)N. The highest BCUT2D eigenvalue weighted by atomic mass is 16.5. The van der Waals surface area contributed by atoms with Crippen LogP contribution in [0.3, 0.4) is 0 Å². The van der Waals surface area contributed by atoms with Crippen LogP contribution in [0.15, 0.2) is 72.8 Å². The van der Waals surface area contributed by atoms with Gasteiger partial charge in [-0.3, -0.25) is 4.90 Å². The number of phenolic OH excluding ortho intramolecular Hbond substituents is 1. The Morgan fingerprint density at radius 3 is 2.05 bits per heavy atom. The van der Waals surface area contributed by atoms with Crippen LogP contribution >= 0.6 is 0 Å². The van der Waals surface area contributed by atoms with Gasteiger partial charge in [0.05, 0.1) is 6.10 Å². The molecule has 3 atom stereocenters. The van der Waals surface area contributed by atoms with Gasteiger partial charge >= 0.3 is 0 Å². The summed E-state index contributed by atoms with van der Waals surface area (Å²) in [6.45, 7) is 10.8. The maximum atomic E-state index is 10.6. The molecule has 3 aromatic carbocycles. The van der Waals surface area contributed by atoms with Crippen LogP contribution in [-0.2, 0) is 6.42 Å². The molecule has 0 saturated carbocycles. The number of para-hydroxylation sites is 1. The second kappa shape index (κ2) is 14.2. The molecule has 4 rings (SSSR count). The zero-order chi connectivity index (χ0) is 26.8. The molecule has 3 unspecified atom stereocenters. The van der Waals surface area contributed by atoms with E-state index in [1.807, 2.05) is 39.0 Å². The van der Waals surface area contributed by atoms with Gasteiger partial charge in [0.15, 0.2) is 0 Å². The third kappa shape index (κ3) is 8.89. The van der Waals surface area contributed by atoms with Crippen LogP contribution in [0.5, 0.6) is 11.5 Å². The number of aromatic hydroxyl groups is 1. The van der Waals surface area contributed by atoms with Crippen molar-refractivity contribution in [1.82, 2.24) is 4.90 Å². The molecule has 1 aliphatic heterocycles. The van der Waals surface area contributed by atoms with E-state index in [9.17, 15) is 10.2 Å². The third-order valence-electron chi connectivity index (χ3n) is 7.18. The van der Waals surface area contributed by atoms with Gasteiger partial charge in [-0.1, -0.05) is 60.7 Å². The number of ether oxygens (including phenoxy) is 1. The van der Waals surface area contributed by atoms with Crippen molar-refractivity contribution in [3.63, 3.8) is 0 Å². The Hall–Kier alpha value is -2.86. The van der Waals surface area contributed by atoms with Crippen molar-refractivity contribution in [2.24, 2.45) is 11.7 Å². The first kappa shape index (κ1) is 28.7. The van der Waals surface area contributed by atoms with Gasteiger partial charge < -0.3 is 20.7 Å². The second-order valence-corrected chi connectivity index (χ2v) is 10.5. The minimum atomic E-state index is -0.517. The zero-order valence-corrected chi connectivity index (χ0v) is 22.8. The van der Waals surface area contributed by atoms with E-state index in [4.69, 9.17) is 10.5 Å². The number of likely N-dealkylation sites (tertiary alicyclic amines) is 1. The Morgan fingerprint density at radius 2 is 1.49 bits per heavy atom. The summed E-state index contributed by atoms with van der Waals surface area (Å²) >= 11 is 0. The number of aliphatic hydroxyl groups excluding tert-OH is 1. The van der Waals surface area contributed by atoms with Gasteiger partial charge in [0.25, 0.3) is 0 Å². The molecule has 0 radical (unpaired) electrons. The Kier molecular flexibility index (Phi) is 11.0. The van der Waals surface area contributed by atoms with Gasteiger partial charge in [0, 0.05) is 12.1 Å². The molecule has 0 aliphatic carbocycles. The molecule has 4 N–H and O–H groups in total. The lowest BCUT2D eigenvalue weighted by Crippen LogP contribution is -2.43. The number of phenols is 1. The first-order valence-corrected chi connectivity index (χ1v) is 13.4. The molecule has 0 aromatic heterocycles. The van der Waals surface area contributed by atoms with Crippen molar-refractivity contribution >= 4 is 0 Å². The Labute approximate surface area is 222 Å². The molecule has 1 aliphatic rings. The third-order valence-corrected chi connectivity index (χ3v) is 7.18. The smallest absolute Gasteiger partial charge is 0.125 e. The van der Waals surface area contributed by atoms with Gasteiger partial charge in [0.1, 0.15) is 18.1 Å². The lowest BCUT2D eigenvalue weighted by atomic mass is 9.89. The van der Waals surface area contributed by atoms with Gasteiger partial charge in [0.2, 0.25) is 0 Å². The van der Waals surface area contributed by atoms with Crippen LogP contribution in [0.2, 0.25) is 0 Å². The van der Waals surface area contributed by atoms with E-state index in [2.05, 4.69) is 42.2 Å². The van der Waals surface area contributed by atoms with E-state index in [0.29, 0.717) is 6.61 Å². The predicted molar refractivity (Wildman–Crippen MR) is 152 cm³/mol. The van der Waals surface area contributed by atoms with E-state index >= 15 is 0 Å². The van der Waals surface area contributed by atoms with Crippen molar-refractivity contribution in [3.8, 4) is 11.5 Å². The largest absolute Gasteiger partial charge is 0.508 e. The number of aliphatic hydroxyl groups is 1. The van der Waals surface area contributed by atoms with Crippen molar-refractivity contribution in [2.45, 2.75) is 65.1 Å². The fourth-order valence-electron chi connectivity index (χ4n) is 4.90. The molecule has 1 fully saturated rings. The van der Waals surface area contributed by atoms with E-state index in [-0.39, 0.29) is 17.8 Å². The molecule has 1 heterocycles. The summed E-state index contributed by atoms with van der Waals surface area (Å²) < 4.78 is 5.60. The summed E-state index contributed by atoms with van der Waals surface area (Å²) in [5.74, 6) is 1.95. The standard InChI is InChI=1S/C21H27NO2.C11H17NO/c1-16(21(24)19-7-9-20(23)10-8-19)22-13-11-18(12-14-22)15-17-5-3-2-4-6-17;1-8-5-4-6-9(2)11(8)13-7-10(3)12/h2-10,16,18,21,23-24H,11-15H2,1H3;4-6,10H,7,12H2,1-3H3. The van der Waals surface area contributed by atoms with Gasteiger partial charge in [-0.15, -0.1) is 0 Å². The summed E-state index contributed by atoms with van der Waals surface area (Å²) in [5.41, 5.74) is 10.2. The number of hydrogen-bond donors (Lipinski definition) is 3. The minimum absolute atomic E-state index is 0.0824. The highest BCUT2D eigenvalue weighted by Gasteiger charge is 2.27. The summed E-state index contributed by atoms with van der Waals surface area (Å²) in [5, 5.41) is 20.0. The van der Waals surface area contributed by atoms with Gasteiger partial charge in [-0.25, -0.2) is 0 Å². The quantitative estimate of drug-likeness (QED) is 0.361. The molecule has 3 aromatic rings. The molecule has 0 spiro atoms. The number of nitrogens with two attached hydrogens (primary N) is 1. The van der Waals surface area contributed by atoms with Gasteiger partial charge in [-0.05, 0) is 100 Å². The van der Waals surface area contributed by atoms with Crippen LogP contribution in [0.25, 0.3) is 0 Å². The summed E-state index contributed by atoms with van der Waals surface area (Å²) in [7, 11) is 0. The number of piperidine rings is 1. The Balaban J connectivity index is 0.000000248. The minimum Gasteiger partial charge on any atom is -0.508 e. The second-order valence-electron chi connectivity index (χ2n) is 10.5. The number of nitrogens with zero attached hydrogens (tertiary/aromatic N) is 1. The molecule has 0 amide bonds. The maximum absolute atomic E-state index is 10.6. The van der Waals surface area contributed by atoms with Crippen molar-refractivity contribution in [1.29, 1.82) is 0 Å². The van der Waals surface area contributed by atoms with Crippen molar-refractivity contribution in [3.05, 3.63) is 95.1 Å². The monoisotopic (exact) mass is 504 g/mol. The van der Waals surface area contributed by atoms with Crippen molar-refractivity contribution in [2.75, 3.05) is 19.7 Å². The number of hydrogen-bond acceptors (Lipinski definition) is 5. The van der Waals surface area contributed by atoms with Crippen LogP contribution in [0.1, 0.15) is 55.0 Å². The molecule has 200 valence electrons. The highest BCUT2D eigenvalue weighted by Crippen LogP contribution is 2.28. The topological polar surface area (TPSA) is 79.0 Å². The Morgan fingerprint density at radius 1 is 0.892 bits per heavy atom. The fraction of sp³-hybridized carbons (Fsp3) is 0.438. The lowest BCUT2D eigenvalue weighted by molar-refractivity contribution is 0.0373. The predicted octanol–water partition coefficient (Wildman–Crippen LogP) is 5.80. The summed E-state index contributed by atoms with van der Waals surface area (Å²) in [4.78, 5) is 2.39. The van der Waals surface area contributed by atoms with E-state index in [1.165, 1.54) is 29.5 Å². The highest BCUT2D eigenvalue weighted by molar-refractivity contribution is 5.39. The molecular formula is C32H44N2O3. The fourth-order valence-corrected chi connectivity index (χ4v) is 4.90. The number of aryl methyl sites for hydroxylation is 2. The first-order chi connectivity index (χ1) is 17.7. The summed E-state index contributed by atoms with van der Waals surface area (Å²) in [6, 6.07) is 23.9. The molecule has 5 nitrogen and oxygen atoms in total. The zero-order valence-electron chi connectivity index (χ0n) is 22.8.